The molecule has 1 aromatic carbocycles. The zero-order chi connectivity index (χ0) is 15.3. The molecular weight excluding hydrogens is 268 g/mol. The number of carbonyl (C=O) groups excluding carboxylic acids is 2. The quantitative estimate of drug-likeness (QED) is 0.761. The highest BCUT2D eigenvalue weighted by Gasteiger charge is 2.34. The smallest absolute Gasteiger partial charge is 0.251 e. The van der Waals surface area contributed by atoms with Crippen molar-refractivity contribution in [1.29, 1.82) is 0 Å². The van der Waals surface area contributed by atoms with E-state index < -0.39 is 5.54 Å². The van der Waals surface area contributed by atoms with Gasteiger partial charge in [0.2, 0.25) is 5.91 Å². The van der Waals surface area contributed by atoms with Gasteiger partial charge in [-0.2, -0.15) is 0 Å². The minimum atomic E-state index is -0.494. The predicted octanol–water partition coefficient (Wildman–Crippen LogP) is 1.15. The lowest BCUT2D eigenvalue weighted by Gasteiger charge is -2.28. The van der Waals surface area contributed by atoms with Crippen LogP contribution in [0.2, 0.25) is 0 Å². The third kappa shape index (κ3) is 4.04. The summed E-state index contributed by atoms with van der Waals surface area (Å²) in [5.74, 6) is -0.527. The molecule has 0 aliphatic heterocycles. The number of carbonyl (C=O) groups is 2. The summed E-state index contributed by atoms with van der Waals surface area (Å²) in [5, 5.41) is 14.9. The molecule has 1 fully saturated rings. The van der Waals surface area contributed by atoms with Crippen molar-refractivity contribution in [3.63, 3.8) is 0 Å². The molecule has 1 aliphatic carbocycles. The van der Waals surface area contributed by atoms with Gasteiger partial charge in [-0.3, -0.25) is 9.59 Å². The summed E-state index contributed by atoms with van der Waals surface area (Å²) in [6.45, 7) is 1.82. The predicted molar refractivity (Wildman–Crippen MR) is 79.9 cm³/mol. The molecule has 2 rings (SSSR count). The van der Waals surface area contributed by atoms with Gasteiger partial charge in [0.15, 0.2) is 0 Å². The van der Waals surface area contributed by atoms with Crippen molar-refractivity contribution in [1.82, 2.24) is 10.6 Å². The van der Waals surface area contributed by atoms with Gasteiger partial charge in [0.25, 0.3) is 5.91 Å². The molecule has 2 amide bonds. The second-order valence-electron chi connectivity index (χ2n) is 5.74. The number of aryl methyl sites for hydroxylation is 1. The molecule has 21 heavy (non-hydrogen) atoms. The lowest BCUT2D eigenvalue weighted by molar-refractivity contribution is -0.122. The molecule has 5 heteroatoms. The Morgan fingerprint density at radius 3 is 2.38 bits per heavy atom. The SMILES string of the molecule is Cc1ccc(C(=O)NCC(=O)NC2(CO)CCCC2)cc1. The van der Waals surface area contributed by atoms with E-state index in [1.165, 1.54) is 0 Å². The maximum atomic E-state index is 11.9. The molecule has 0 bridgehead atoms. The van der Waals surface area contributed by atoms with Gasteiger partial charge in [-0.25, -0.2) is 0 Å². The van der Waals surface area contributed by atoms with Gasteiger partial charge >= 0.3 is 0 Å². The van der Waals surface area contributed by atoms with Crippen LogP contribution < -0.4 is 10.6 Å². The summed E-state index contributed by atoms with van der Waals surface area (Å²) >= 11 is 0. The van der Waals surface area contributed by atoms with E-state index in [2.05, 4.69) is 10.6 Å². The molecule has 3 N–H and O–H groups in total. The largest absolute Gasteiger partial charge is 0.394 e. The Morgan fingerprint density at radius 1 is 1.19 bits per heavy atom. The summed E-state index contributed by atoms with van der Waals surface area (Å²) in [6, 6.07) is 7.17. The van der Waals surface area contributed by atoms with Crippen LogP contribution in [0.15, 0.2) is 24.3 Å². The van der Waals surface area contributed by atoms with Gasteiger partial charge in [-0.05, 0) is 31.9 Å². The molecule has 0 aromatic heterocycles. The Morgan fingerprint density at radius 2 is 1.81 bits per heavy atom. The molecule has 0 spiro atoms. The number of hydrogen-bond donors (Lipinski definition) is 3. The first-order valence-corrected chi connectivity index (χ1v) is 7.31. The fourth-order valence-electron chi connectivity index (χ4n) is 2.68. The van der Waals surface area contributed by atoms with Crippen LogP contribution in [0.3, 0.4) is 0 Å². The van der Waals surface area contributed by atoms with Crippen LogP contribution in [0, 0.1) is 6.92 Å². The second kappa shape index (κ2) is 6.72. The molecule has 114 valence electrons. The number of nitrogens with one attached hydrogen (secondary N) is 2. The highest BCUT2D eigenvalue weighted by Crippen LogP contribution is 2.28. The first-order chi connectivity index (χ1) is 10.0. The Hall–Kier alpha value is -1.88. The van der Waals surface area contributed by atoms with Crippen LogP contribution in [0.1, 0.15) is 41.6 Å². The van der Waals surface area contributed by atoms with E-state index in [1.54, 1.807) is 12.1 Å². The number of benzene rings is 1. The topological polar surface area (TPSA) is 78.4 Å². The van der Waals surface area contributed by atoms with E-state index in [1.807, 2.05) is 19.1 Å². The highest BCUT2D eigenvalue weighted by atomic mass is 16.3. The molecule has 0 saturated heterocycles. The normalized spacial score (nSPS) is 16.5. The number of rotatable bonds is 5. The van der Waals surface area contributed by atoms with Crippen LogP contribution in [-0.4, -0.2) is 35.6 Å². The lowest BCUT2D eigenvalue weighted by atomic mass is 9.99. The molecule has 0 radical (unpaired) electrons. The van der Waals surface area contributed by atoms with Crippen molar-refractivity contribution in [3.05, 3.63) is 35.4 Å². The maximum absolute atomic E-state index is 11.9. The monoisotopic (exact) mass is 290 g/mol. The summed E-state index contributed by atoms with van der Waals surface area (Å²) in [6.07, 6.45) is 3.61. The van der Waals surface area contributed by atoms with Gasteiger partial charge in [0, 0.05) is 5.56 Å². The van der Waals surface area contributed by atoms with Crippen molar-refractivity contribution in [3.8, 4) is 0 Å². The van der Waals surface area contributed by atoms with Crippen LogP contribution in [0.25, 0.3) is 0 Å². The van der Waals surface area contributed by atoms with Crippen LogP contribution in [-0.2, 0) is 4.79 Å². The summed E-state index contributed by atoms with van der Waals surface area (Å²) in [5.41, 5.74) is 1.12. The van der Waals surface area contributed by atoms with E-state index in [9.17, 15) is 14.7 Å². The standard InChI is InChI=1S/C16H22N2O3/c1-12-4-6-13(7-5-12)15(21)17-10-14(20)18-16(11-19)8-2-3-9-16/h4-7,19H,2-3,8-11H2,1H3,(H,17,21)(H,18,20). The fourth-order valence-corrected chi connectivity index (χ4v) is 2.68. The number of aliphatic hydroxyl groups excluding tert-OH is 1. The average molecular weight is 290 g/mol. The van der Waals surface area contributed by atoms with Crippen LogP contribution in [0.4, 0.5) is 0 Å². The first-order valence-electron chi connectivity index (χ1n) is 7.31. The summed E-state index contributed by atoms with van der Waals surface area (Å²) in [7, 11) is 0. The van der Waals surface area contributed by atoms with E-state index >= 15 is 0 Å². The molecular formula is C16H22N2O3. The van der Waals surface area contributed by atoms with Crippen molar-refractivity contribution < 1.29 is 14.7 Å². The third-order valence-electron chi connectivity index (χ3n) is 3.99. The molecule has 1 aromatic rings. The second-order valence-corrected chi connectivity index (χ2v) is 5.74. The van der Waals surface area contributed by atoms with Gasteiger partial charge in [-0.1, -0.05) is 30.5 Å². The molecule has 5 nitrogen and oxygen atoms in total. The van der Waals surface area contributed by atoms with E-state index in [0.717, 1.165) is 31.2 Å². The Kier molecular flexibility index (Phi) is 4.96. The average Bonchev–Trinajstić information content (AvgIpc) is 2.94. The van der Waals surface area contributed by atoms with Crippen molar-refractivity contribution in [2.45, 2.75) is 38.1 Å². The zero-order valence-electron chi connectivity index (χ0n) is 12.3. The van der Waals surface area contributed by atoms with Crippen molar-refractivity contribution in [2.24, 2.45) is 0 Å². The van der Waals surface area contributed by atoms with Gasteiger partial charge < -0.3 is 15.7 Å². The zero-order valence-corrected chi connectivity index (χ0v) is 12.3. The number of aliphatic hydroxyl groups is 1. The fraction of sp³-hybridized carbons (Fsp3) is 0.500. The molecule has 0 unspecified atom stereocenters. The number of hydrogen-bond acceptors (Lipinski definition) is 3. The van der Waals surface area contributed by atoms with Gasteiger partial charge in [-0.15, -0.1) is 0 Å². The minimum Gasteiger partial charge on any atom is -0.394 e. The summed E-state index contributed by atoms with van der Waals surface area (Å²) < 4.78 is 0. The summed E-state index contributed by atoms with van der Waals surface area (Å²) in [4.78, 5) is 23.8. The Balaban J connectivity index is 1.83. The molecule has 1 saturated carbocycles. The van der Waals surface area contributed by atoms with Crippen LogP contribution >= 0.6 is 0 Å². The molecule has 0 heterocycles. The van der Waals surface area contributed by atoms with Gasteiger partial charge in [0.05, 0.1) is 18.7 Å². The Labute approximate surface area is 124 Å². The Bertz CT molecular complexity index is 505. The molecule has 1 aliphatic rings. The van der Waals surface area contributed by atoms with Gasteiger partial charge in [0.1, 0.15) is 0 Å². The first kappa shape index (κ1) is 15.5. The maximum Gasteiger partial charge on any atom is 0.251 e. The van der Waals surface area contributed by atoms with E-state index in [0.29, 0.717) is 5.56 Å². The number of amides is 2. The van der Waals surface area contributed by atoms with E-state index in [4.69, 9.17) is 0 Å². The minimum absolute atomic E-state index is 0.0509. The van der Waals surface area contributed by atoms with E-state index in [-0.39, 0.29) is 25.0 Å². The third-order valence-corrected chi connectivity index (χ3v) is 3.99. The lowest BCUT2D eigenvalue weighted by Crippen LogP contribution is -2.52. The van der Waals surface area contributed by atoms with Crippen molar-refractivity contribution in [2.75, 3.05) is 13.2 Å². The van der Waals surface area contributed by atoms with Crippen LogP contribution in [0.5, 0.6) is 0 Å². The van der Waals surface area contributed by atoms with Crippen molar-refractivity contribution >= 4 is 11.8 Å². The molecule has 0 atom stereocenters. The highest BCUT2D eigenvalue weighted by molar-refractivity contribution is 5.96.